The third kappa shape index (κ3) is 14.1. The summed E-state index contributed by atoms with van der Waals surface area (Å²) in [7, 11) is -8.02. The number of aliphatic hydroxyl groups excluding tert-OH is 2. The molecule has 0 aromatic heterocycles. The Labute approximate surface area is 396 Å². The molecule has 0 spiro atoms. The number of carboxylic acids is 1. The van der Waals surface area contributed by atoms with Gasteiger partial charge in [0, 0.05) is 26.2 Å². The van der Waals surface area contributed by atoms with Crippen LogP contribution < -0.4 is 19.7 Å². The number of nitrogens with one attached hydrogen (secondary N) is 1. The van der Waals surface area contributed by atoms with Gasteiger partial charge in [-0.2, -0.15) is 25.4 Å². The van der Waals surface area contributed by atoms with Crippen LogP contribution in [0.4, 0.5) is 11.4 Å². The van der Waals surface area contributed by atoms with E-state index >= 15 is 0 Å². The van der Waals surface area contributed by atoms with Crippen LogP contribution in [0.2, 0.25) is 20.1 Å². The van der Waals surface area contributed by atoms with Gasteiger partial charge in [0.05, 0.1) is 63.3 Å². The van der Waals surface area contributed by atoms with Crippen molar-refractivity contribution in [3.05, 3.63) is 127 Å². The number of hydrogen-bond acceptors (Lipinski definition) is 9. The molecule has 4 atom stereocenters. The van der Waals surface area contributed by atoms with E-state index in [-0.39, 0.29) is 103 Å². The second kappa shape index (κ2) is 24.2. The average molecular weight is 1010 g/mol. The zero-order valence-electron chi connectivity index (χ0n) is 35.0. The minimum atomic E-state index is -4.04. The van der Waals surface area contributed by atoms with Gasteiger partial charge in [0.15, 0.2) is 0 Å². The lowest BCUT2D eigenvalue weighted by Gasteiger charge is -2.39. The maximum atomic E-state index is 13.3. The highest BCUT2D eigenvalue weighted by molar-refractivity contribution is 7.90. The standard InChI is InChI=1S/C21H25Cl2N3O4S.C13H16Cl2N2O4S.C8H11NO.CH4/c1-14-8-17(22)21(18(23)9-14)26-11-15(2)10-25(31(26,29)30)12-20(28)24-19(13-27)16-6-4-3-5-7-16;1-8-3-10(14)13(11(15)4-8)17-6-9(2)5-16(7-12(18)19)22(17,20)21;9-8(6-10)7-4-2-1-3-5-7;/h3-9,15,19,27H,10-13H2,1-2H3,(H,24,28);3-4,9H,5-7H2,1-2H3,(H,18,19);1-5,8,10H,6,9H2;1H4/t15-,19+;;8-;/m0.1./s1. The monoisotopic (exact) mass is 1000 g/mol. The summed E-state index contributed by atoms with van der Waals surface area (Å²) in [6, 6.07) is 24.2. The zero-order valence-corrected chi connectivity index (χ0v) is 39.7. The number of nitrogens with two attached hydrogens (primary N) is 1. The molecule has 2 saturated heterocycles. The first kappa shape index (κ1) is 54.6. The van der Waals surface area contributed by atoms with Crippen LogP contribution in [0.25, 0.3) is 0 Å². The summed E-state index contributed by atoms with van der Waals surface area (Å²) in [6.45, 7) is 6.79. The lowest BCUT2D eigenvalue weighted by molar-refractivity contribution is -0.137. The van der Waals surface area contributed by atoms with Gasteiger partial charge in [0.25, 0.3) is 0 Å². The Morgan fingerprint density at radius 2 is 1.05 bits per heavy atom. The number of aliphatic hydroxyl groups is 2. The summed E-state index contributed by atoms with van der Waals surface area (Å²) in [6.07, 6.45) is 0. The second-order valence-corrected chi connectivity index (χ2v) is 20.7. The third-order valence-corrected chi connectivity index (χ3v) is 14.6. The molecule has 4 aromatic rings. The Morgan fingerprint density at radius 3 is 1.41 bits per heavy atom. The molecule has 2 aliphatic rings. The quantitative estimate of drug-likeness (QED) is 0.105. The van der Waals surface area contributed by atoms with Gasteiger partial charge in [-0.3, -0.25) is 18.2 Å². The van der Waals surface area contributed by atoms with Crippen molar-refractivity contribution in [2.45, 2.75) is 47.2 Å². The van der Waals surface area contributed by atoms with Gasteiger partial charge in [0.2, 0.25) is 5.91 Å². The van der Waals surface area contributed by atoms with Gasteiger partial charge >= 0.3 is 26.4 Å². The van der Waals surface area contributed by atoms with Crippen molar-refractivity contribution >= 4 is 90.1 Å². The van der Waals surface area contributed by atoms with Crippen LogP contribution in [0.1, 0.15) is 55.6 Å². The van der Waals surface area contributed by atoms with Crippen molar-refractivity contribution in [1.29, 1.82) is 0 Å². The summed E-state index contributed by atoms with van der Waals surface area (Å²) in [5.41, 5.74) is 9.28. The van der Waals surface area contributed by atoms with E-state index < -0.39 is 44.9 Å². The van der Waals surface area contributed by atoms with E-state index in [0.717, 1.165) is 35.2 Å². The molecule has 352 valence electrons. The number of carbonyl (C=O) groups is 2. The van der Waals surface area contributed by atoms with E-state index in [1.165, 1.54) is 4.31 Å². The third-order valence-electron chi connectivity index (χ3n) is 9.79. The normalized spacial score (nSPS) is 19.1. The number of aryl methyl sites for hydroxylation is 2. The summed E-state index contributed by atoms with van der Waals surface area (Å²) in [5.74, 6) is -1.84. The number of benzene rings is 4. The summed E-state index contributed by atoms with van der Waals surface area (Å²) < 4.78 is 56.2. The molecule has 0 aliphatic carbocycles. The van der Waals surface area contributed by atoms with E-state index in [1.807, 2.05) is 57.2 Å². The predicted molar refractivity (Wildman–Crippen MR) is 256 cm³/mol. The van der Waals surface area contributed by atoms with E-state index in [2.05, 4.69) is 5.32 Å². The summed E-state index contributed by atoms with van der Waals surface area (Å²) in [4.78, 5) is 23.6. The molecular weight excluding hydrogens is 950 g/mol. The van der Waals surface area contributed by atoms with Crippen molar-refractivity contribution in [3.63, 3.8) is 0 Å². The number of nitrogens with zero attached hydrogens (tertiary/aromatic N) is 4. The van der Waals surface area contributed by atoms with Crippen LogP contribution in [0, 0.1) is 25.7 Å². The Kier molecular flexibility index (Phi) is 20.6. The fourth-order valence-electron chi connectivity index (χ4n) is 6.88. The van der Waals surface area contributed by atoms with Crippen molar-refractivity contribution in [2.75, 3.05) is 61.1 Å². The fourth-order valence-corrected chi connectivity index (χ4v) is 12.4. The van der Waals surface area contributed by atoms with Crippen LogP contribution in [0.5, 0.6) is 0 Å². The lowest BCUT2D eigenvalue weighted by atomic mass is 10.1. The number of anilines is 2. The van der Waals surface area contributed by atoms with E-state index in [1.54, 1.807) is 55.5 Å². The first-order valence-electron chi connectivity index (χ1n) is 19.7. The van der Waals surface area contributed by atoms with Crippen LogP contribution in [-0.4, -0.2) is 105 Å². The van der Waals surface area contributed by atoms with E-state index in [4.69, 9.17) is 62.4 Å². The number of halogens is 4. The van der Waals surface area contributed by atoms with E-state index in [9.17, 15) is 31.5 Å². The number of carbonyl (C=O) groups excluding carboxylic acids is 1. The summed E-state index contributed by atoms with van der Waals surface area (Å²) >= 11 is 25.0. The summed E-state index contributed by atoms with van der Waals surface area (Å²) in [5, 5.41) is 30.9. The smallest absolute Gasteiger partial charge is 0.318 e. The molecule has 4 aromatic carbocycles. The first-order chi connectivity index (χ1) is 29.6. The molecule has 21 heteroatoms. The molecule has 2 aliphatic heterocycles. The van der Waals surface area contributed by atoms with Gasteiger partial charge in [0.1, 0.15) is 6.54 Å². The Balaban J connectivity index is 0.000000286. The Morgan fingerprint density at radius 1 is 0.672 bits per heavy atom. The number of hydrogen-bond donors (Lipinski definition) is 5. The molecule has 0 bridgehead atoms. The highest BCUT2D eigenvalue weighted by atomic mass is 35.5. The second-order valence-electron chi connectivity index (χ2n) is 15.3. The van der Waals surface area contributed by atoms with Crippen LogP contribution in [0.3, 0.4) is 0 Å². The van der Waals surface area contributed by atoms with E-state index in [0.29, 0.717) is 0 Å². The highest BCUT2D eigenvalue weighted by Crippen LogP contribution is 2.40. The first-order valence-corrected chi connectivity index (χ1v) is 24.0. The molecule has 6 N–H and O–H groups in total. The molecule has 0 saturated carbocycles. The maximum Gasteiger partial charge on any atom is 0.318 e. The van der Waals surface area contributed by atoms with Crippen molar-refractivity contribution in [2.24, 2.45) is 17.6 Å². The fraction of sp³-hybridized carbons (Fsp3) is 0.395. The molecule has 2 heterocycles. The maximum absolute atomic E-state index is 13.3. The van der Waals surface area contributed by atoms with Gasteiger partial charge < -0.3 is 26.4 Å². The van der Waals surface area contributed by atoms with Crippen LogP contribution >= 0.6 is 46.4 Å². The van der Waals surface area contributed by atoms with Crippen LogP contribution in [0.15, 0.2) is 84.9 Å². The van der Waals surface area contributed by atoms with Gasteiger partial charge in [-0.05, 0) is 72.2 Å². The van der Waals surface area contributed by atoms with Gasteiger partial charge in [-0.15, -0.1) is 0 Å². The SMILES string of the molecule is C.Cc1cc(Cl)c(N2CC(C)CN(CC(=O)O)S2(=O)=O)c(Cl)c1.Cc1cc(Cl)c(N2C[C@@H](C)CN(CC(=O)N[C@H](CO)c3ccccc3)S2(=O)=O)c(Cl)c1.N[C@H](CO)c1ccccc1. The van der Waals surface area contributed by atoms with Gasteiger partial charge in [-0.1, -0.05) is 128 Å². The lowest BCUT2D eigenvalue weighted by Crippen LogP contribution is -2.56. The molecule has 1 unspecified atom stereocenters. The van der Waals surface area contributed by atoms with Crippen molar-refractivity contribution in [3.8, 4) is 0 Å². The topological polar surface area (TPSA) is 214 Å². The van der Waals surface area contributed by atoms with Crippen molar-refractivity contribution in [1.82, 2.24) is 13.9 Å². The van der Waals surface area contributed by atoms with Crippen molar-refractivity contribution < 1.29 is 41.7 Å². The number of amides is 1. The molecule has 6 rings (SSSR count). The molecular formula is C43H56Cl4N6O9S2. The molecule has 1 amide bonds. The molecule has 2 fully saturated rings. The number of aliphatic carboxylic acids is 1. The average Bonchev–Trinajstić information content (AvgIpc) is 3.20. The Hall–Kier alpha value is -3.72. The van der Waals surface area contributed by atoms with Crippen LogP contribution in [-0.2, 0) is 30.0 Å². The number of carboxylic acid groups (broad SMARTS) is 1. The highest BCUT2D eigenvalue weighted by Gasteiger charge is 2.41. The molecule has 0 radical (unpaired) electrons. The molecule has 15 nitrogen and oxygen atoms in total. The zero-order chi connectivity index (χ0) is 46.8. The Bertz CT molecular complexity index is 2380. The largest absolute Gasteiger partial charge is 0.480 e. The molecule has 64 heavy (non-hydrogen) atoms. The minimum Gasteiger partial charge on any atom is -0.480 e. The number of rotatable bonds is 11. The van der Waals surface area contributed by atoms with Gasteiger partial charge in [-0.25, -0.2) is 0 Å². The predicted octanol–water partition coefficient (Wildman–Crippen LogP) is 6.86. The minimum absolute atomic E-state index is 0.